The molecule has 16 N–H and O–H groups in total. The van der Waals surface area contributed by atoms with Crippen LogP contribution < -0.4 is 85.1 Å². The number of fused-ring (bicyclic) bond motifs is 20. The summed E-state index contributed by atoms with van der Waals surface area (Å²) in [5, 5.41) is 63.7. The molecule has 0 aromatic heterocycles. The first-order valence-electron chi connectivity index (χ1n) is 36.6. The van der Waals surface area contributed by atoms with Crippen LogP contribution in [0, 0.1) is 47.3 Å². The highest BCUT2D eigenvalue weighted by atomic mass is 35.5. The molecule has 544 valence electrons. The number of alkyl halides is 8. The molecule has 24 heteroatoms. The molecule has 8 aromatic rings. The van der Waals surface area contributed by atoms with Crippen molar-refractivity contribution in [1.82, 2.24) is 42.5 Å². The Hall–Kier alpha value is -5.84. The van der Waals surface area contributed by atoms with Gasteiger partial charge in [-0.1, -0.05) is 146 Å². The maximum Gasteiger partial charge on any atom is 0.0687 e. The molecule has 5 saturated heterocycles. The van der Waals surface area contributed by atoms with Crippen molar-refractivity contribution in [3.05, 3.63) is 243 Å². The Bertz CT molecular complexity index is 3820. The molecule has 5 aliphatic heterocycles. The first-order chi connectivity index (χ1) is 50.9. The van der Waals surface area contributed by atoms with Gasteiger partial charge in [0.15, 0.2) is 0 Å². The molecule has 0 spiro atoms. The number of anilines is 8. The lowest BCUT2D eigenvalue weighted by molar-refractivity contribution is 0.128. The van der Waals surface area contributed by atoms with Crippen molar-refractivity contribution in [2.75, 3.05) is 42.5 Å². The Kier molecular flexibility index (Phi) is 21.2. The molecule has 8 bridgehead atoms. The second-order valence-corrected chi connectivity index (χ2v) is 33.6. The van der Waals surface area contributed by atoms with Crippen LogP contribution >= 0.6 is 92.8 Å². The van der Waals surface area contributed by atoms with Crippen molar-refractivity contribution in [2.24, 2.45) is 47.3 Å². The van der Waals surface area contributed by atoms with Gasteiger partial charge < -0.3 is 42.5 Å². The highest BCUT2D eigenvalue weighted by molar-refractivity contribution is 6.39. The Labute approximate surface area is 649 Å². The van der Waals surface area contributed by atoms with Crippen LogP contribution in [0.25, 0.3) is 0 Å². The summed E-state index contributed by atoms with van der Waals surface area (Å²) in [6.45, 7) is 0. The molecule has 104 heavy (non-hydrogen) atoms. The molecular formula is C80H88Cl8N16. The number of rotatable bonds is 16. The van der Waals surface area contributed by atoms with Gasteiger partial charge in [-0.3, -0.25) is 42.5 Å². The Morgan fingerprint density at radius 3 is 0.423 bits per heavy atom. The minimum Gasteiger partial charge on any atom is -0.380 e. The highest BCUT2D eigenvalue weighted by Crippen LogP contribution is 2.53. The van der Waals surface area contributed by atoms with E-state index >= 15 is 0 Å². The minimum absolute atomic E-state index is 0.249. The molecule has 4 saturated carbocycles. The third kappa shape index (κ3) is 13.9. The zero-order chi connectivity index (χ0) is 70.7. The van der Waals surface area contributed by atoms with Gasteiger partial charge in [0.1, 0.15) is 0 Å². The molecular weight excluding hydrogens is 1470 g/mol. The fourth-order valence-electron chi connectivity index (χ4n) is 19.5. The van der Waals surface area contributed by atoms with E-state index in [1.807, 2.05) is 0 Å². The standard InChI is InChI=1S/C80H88Cl8N16/c81-57-49-51(59(83)63(87)61(57)85)75-98-73(49)97-74-50-52(60(84)64(88)62(86)58(50)82)76(99-74)101-78-54-56(68(92-44-31-15-4-16-32-44)72(96-48-39-23-8-24-40-48)70(94-46-35-19-6-20-36-46)66(54)90-42-27-11-2-12-28-42)80(103-78)104-79-55-53(77(100-75)102-79)65(89-41-25-9-1-10-26-41)69(93-45-33-17-5-18-34-45)71(95-47-37-21-7-22-38-47)67(55)91-43-29-13-3-14-30-43/h1-40,49-80,89-104H. The number of benzene rings is 8. The van der Waals surface area contributed by atoms with Gasteiger partial charge in [-0.25, -0.2) is 0 Å². The third-order valence-corrected chi connectivity index (χ3v) is 29.1. The first-order valence-corrected chi connectivity index (χ1v) is 40.1. The van der Waals surface area contributed by atoms with Gasteiger partial charge in [0.05, 0.1) is 141 Å². The van der Waals surface area contributed by atoms with Crippen LogP contribution in [0.15, 0.2) is 243 Å². The summed E-state index contributed by atoms with van der Waals surface area (Å²) in [6.07, 6.45) is -3.82. The second-order valence-electron chi connectivity index (χ2n) is 29.6. The average molecular weight is 1560 g/mol. The van der Waals surface area contributed by atoms with E-state index in [4.69, 9.17) is 92.8 Å². The normalized spacial score (nSPS) is 40.4. The van der Waals surface area contributed by atoms with Crippen LogP contribution in [-0.2, 0) is 0 Å². The van der Waals surface area contributed by atoms with Gasteiger partial charge in [0.25, 0.3) is 0 Å². The molecule has 8 aromatic carbocycles. The molecule has 4 aliphatic carbocycles. The van der Waals surface area contributed by atoms with Crippen LogP contribution in [0.5, 0.6) is 0 Å². The van der Waals surface area contributed by atoms with Gasteiger partial charge >= 0.3 is 0 Å². The molecule has 17 rings (SSSR count). The number of nitrogens with one attached hydrogen (secondary N) is 16. The highest BCUT2D eigenvalue weighted by Gasteiger charge is 2.67. The Morgan fingerprint density at radius 2 is 0.279 bits per heavy atom. The monoisotopic (exact) mass is 1550 g/mol. The SMILES string of the molecule is ClC1C(Cl)C(Cl)C2C3NC(NC4NC(NC5NC(NC6NC(N3)C3C(Nc7ccccc7)C(Nc7ccccc7)C(Nc7ccccc7)C(Nc7ccccc7)C63)C3C(Nc6ccccc6)C(Nc6ccccc6)C(Nc6ccccc6)C(Nc6ccccc6)C53)C3C(Cl)C(Cl)C(Cl)C(Cl)C43)C2C1Cl. The fraction of sp³-hybridized carbons (Fsp3) is 0.400. The zero-order valence-electron chi connectivity index (χ0n) is 56.6. The first kappa shape index (κ1) is 71.1. The quantitative estimate of drug-likeness (QED) is 0.0408. The molecule has 9 aliphatic rings. The predicted octanol–water partition coefficient (Wildman–Crippen LogP) is 13.1. The average Bonchev–Trinajstić information content (AvgIpc) is 1.37. The maximum atomic E-state index is 7.89. The van der Waals surface area contributed by atoms with Crippen LogP contribution in [0.1, 0.15) is 0 Å². The number of hydrogen-bond donors (Lipinski definition) is 16. The van der Waals surface area contributed by atoms with E-state index in [0.717, 1.165) is 45.5 Å². The van der Waals surface area contributed by atoms with Crippen LogP contribution in [0.3, 0.4) is 0 Å². The smallest absolute Gasteiger partial charge is 0.0687 e. The molecule has 5 heterocycles. The molecule has 32 atom stereocenters. The van der Waals surface area contributed by atoms with Crippen molar-refractivity contribution < 1.29 is 0 Å². The van der Waals surface area contributed by atoms with Crippen LogP contribution in [-0.4, -0.2) is 141 Å². The van der Waals surface area contributed by atoms with E-state index in [2.05, 4.69) is 328 Å². The van der Waals surface area contributed by atoms with E-state index in [1.165, 1.54) is 0 Å². The van der Waals surface area contributed by atoms with E-state index < -0.39 is 92.3 Å². The third-order valence-electron chi connectivity index (χ3n) is 23.9. The summed E-state index contributed by atoms with van der Waals surface area (Å²) in [5.41, 5.74) is 7.89. The summed E-state index contributed by atoms with van der Waals surface area (Å²) >= 11 is 61.2. The maximum absolute atomic E-state index is 7.89. The fourth-order valence-corrected chi connectivity index (χ4v) is 23.0. The Balaban J connectivity index is 0.896. The second kappa shape index (κ2) is 31.0. The summed E-state index contributed by atoms with van der Waals surface area (Å²) in [4.78, 5) is 0. The summed E-state index contributed by atoms with van der Waals surface area (Å²) in [6, 6.07) is 82.3. The lowest BCUT2D eigenvalue weighted by atomic mass is 9.66. The van der Waals surface area contributed by atoms with E-state index in [0.29, 0.717) is 0 Å². The van der Waals surface area contributed by atoms with Crippen LogP contribution in [0.2, 0.25) is 0 Å². The molecule has 16 nitrogen and oxygen atoms in total. The van der Waals surface area contributed by atoms with Crippen molar-refractivity contribution in [3.8, 4) is 0 Å². The number of para-hydroxylation sites is 8. The molecule has 32 unspecified atom stereocenters. The number of hydrogen-bond acceptors (Lipinski definition) is 16. The molecule has 0 amide bonds. The molecule has 9 fully saturated rings. The zero-order valence-corrected chi connectivity index (χ0v) is 62.6. The van der Waals surface area contributed by atoms with E-state index in [1.54, 1.807) is 0 Å². The Morgan fingerprint density at radius 1 is 0.154 bits per heavy atom. The summed E-state index contributed by atoms with van der Waals surface area (Å²) in [5.74, 6) is -2.41. The predicted molar refractivity (Wildman–Crippen MR) is 431 cm³/mol. The van der Waals surface area contributed by atoms with E-state index in [9.17, 15) is 0 Å². The van der Waals surface area contributed by atoms with Gasteiger partial charge in [-0.05, 0) is 97.1 Å². The lowest BCUT2D eigenvalue weighted by Gasteiger charge is -2.54. The summed E-state index contributed by atoms with van der Waals surface area (Å²) in [7, 11) is 0. The van der Waals surface area contributed by atoms with Crippen molar-refractivity contribution in [3.63, 3.8) is 0 Å². The summed E-state index contributed by atoms with van der Waals surface area (Å²) < 4.78 is 0. The number of halogens is 8. The van der Waals surface area contributed by atoms with Gasteiger partial charge in [0.2, 0.25) is 0 Å². The topological polar surface area (TPSA) is 192 Å². The van der Waals surface area contributed by atoms with Crippen molar-refractivity contribution in [1.29, 1.82) is 0 Å². The van der Waals surface area contributed by atoms with E-state index in [-0.39, 0.29) is 95.7 Å². The van der Waals surface area contributed by atoms with Crippen molar-refractivity contribution in [2.45, 2.75) is 141 Å². The molecule has 0 radical (unpaired) electrons. The van der Waals surface area contributed by atoms with Crippen LogP contribution in [0.4, 0.5) is 45.5 Å². The minimum atomic E-state index is -0.668. The lowest BCUT2D eigenvalue weighted by Crippen LogP contribution is -2.71. The van der Waals surface area contributed by atoms with Gasteiger partial charge in [-0.2, -0.15) is 0 Å². The van der Waals surface area contributed by atoms with Gasteiger partial charge in [0, 0.05) is 92.8 Å². The van der Waals surface area contributed by atoms with Gasteiger partial charge in [-0.15, -0.1) is 92.8 Å². The van der Waals surface area contributed by atoms with Crippen molar-refractivity contribution >= 4 is 138 Å². The largest absolute Gasteiger partial charge is 0.380 e.